The van der Waals surface area contributed by atoms with Crippen molar-refractivity contribution in [1.29, 1.82) is 0 Å². The summed E-state index contributed by atoms with van der Waals surface area (Å²) in [5.74, 6) is 0.499. The lowest BCUT2D eigenvalue weighted by molar-refractivity contribution is -0.114. The van der Waals surface area contributed by atoms with Gasteiger partial charge in [-0.05, 0) is 47.9 Å². The molecule has 2 amide bonds. The fourth-order valence-corrected chi connectivity index (χ4v) is 3.72. The minimum Gasteiger partial charge on any atom is -0.423 e. The van der Waals surface area contributed by atoms with Crippen molar-refractivity contribution in [2.24, 2.45) is 0 Å². The first-order valence-corrected chi connectivity index (χ1v) is 10.4. The van der Waals surface area contributed by atoms with Crippen LogP contribution in [0.5, 0.6) is 0 Å². The van der Waals surface area contributed by atoms with E-state index in [-0.39, 0.29) is 23.2 Å². The van der Waals surface area contributed by atoms with E-state index in [0.717, 1.165) is 22.9 Å². The number of nitrogens with one attached hydrogen (secondary N) is 2. The molecule has 150 valence electrons. The fourth-order valence-electron chi connectivity index (χ4n) is 2.90. The topological polar surface area (TPSA) is 88.4 Å². The number of aryl methyl sites for hydroxylation is 1. The minimum atomic E-state index is -0.384. The van der Waals surface area contributed by atoms with Gasteiger partial charge in [0.25, 0.3) is 0 Å². The largest absolute Gasteiger partial charge is 0.423 e. The number of hydrogen-bond acceptors (Lipinski definition) is 5. The highest BCUT2D eigenvalue weighted by atomic mass is 32.2. The van der Waals surface area contributed by atoms with Crippen LogP contribution in [0.25, 0.3) is 11.0 Å². The molecule has 6 nitrogen and oxygen atoms in total. The lowest BCUT2D eigenvalue weighted by atomic mass is 10.1. The first-order valence-electron chi connectivity index (χ1n) is 9.25. The molecule has 0 fully saturated rings. The highest BCUT2D eigenvalue weighted by molar-refractivity contribution is 7.99. The standard InChI is InChI=1S/C22H22N2O4S/c1-3-15-4-9-19-16(11-22(27)28-20(19)10-15)12-29-13-21(26)24-18-7-5-17(6-8-18)23-14(2)25/h4-11H,3,12-13H2,1-2H3,(H,23,25)(H,24,26). The molecule has 0 unspecified atom stereocenters. The third-order valence-corrected chi connectivity index (χ3v) is 5.26. The summed E-state index contributed by atoms with van der Waals surface area (Å²) in [6, 6.07) is 14.3. The van der Waals surface area contributed by atoms with Gasteiger partial charge in [0.1, 0.15) is 5.58 Å². The van der Waals surface area contributed by atoms with Gasteiger partial charge in [0.2, 0.25) is 11.8 Å². The normalized spacial score (nSPS) is 10.7. The van der Waals surface area contributed by atoms with Gasteiger partial charge in [0, 0.05) is 35.5 Å². The van der Waals surface area contributed by atoms with Gasteiger partial charge in [-0.2, -0.15) is 0 Å². The van der Waals surface area contributed by atoms with Crippen LogP contribution in [-0.4, -0.2) is 17.6 Å². The van der Waals surface area contributed by atoms with Gasteiger partial charge in [0.05, 0.1) is 5.75 Å². The molecule has 7 heteroatoms. The smallest absolute Gasteiger partial charge is 0.336 e. The average molecular weight is 410 g/mol. The molecule has 3 aromatic rings. The van der Waals surface area contributed by atoms with E-state index in [0.29, 0.717) is 22.7 Å². The van der Waals surface area contributed by atoms with E-state index in [9.17, 15) is 14.4 Å². The Hall–Kier alpha value is -3.06. The zero-order valence-corrected chi connectivity index (χ0v) is 17.1. The summed E-state index contributed by atoms with van der Waals surface area (Å²) in [5.41, 5.74) is 3.49. The number of rotatable bonds is 7. The quantitative estimate of drug-likeness (QED) is 0.570. The molecule has 2 aromatic carbocycles. The molecule has 2 N–H and O–H groups in total. The highest BCUT2D eigenvalue weighted by Gasteiger charge is 2.09. The molecule has 0 radical (unpaired) electrons. The van der Waals surface area contributed by atoms with Crippen LogP contribution in [0, 0.1) is 0 Å². The van der Waals surface area contributed by atoms with Crippen molar-refractivity contribution < 1.29 is 14.0 Å². The van der Waals surface area contributed by atoms with Crippen LogP contribution in [0.1, 0.15) is 25.0 Å². The van der Waals surface area contributed by atoms with Crippen LogP contribution >= 0.6 is 11.8 Å². The molecule has 0 saturated heterocycles. The third kappa shape index (κ3) is 5.71. The van der Waals surface area contributed by atoms with Crippen LogP contribution in [0.2, 0.25) is 0 Å². The van der Waals surface area contributed by atoms with E-state index in [1.54, 1.807) is 24.3 Å². The number of hydrogen-bond donors (Lipinski definition) is 2. The first-order chi connectivity index (χ1) is 13.9. The van der Waals surface area contributed by atoms with Crippen molar-refractivity contribution in [2.75, 3.05) is 16.4 Å². The van der Waals surface area contributed by atoms with Crippen LogP contribution in [0.3, 0.4) is 0 Å². The van der Waals surface area contributed by atoms with E-state index < -0.39 is 0 Å². The van der Waals surface area contributed by atoms with Crippen LogP contribution in [-0.2, 0) is 21.8 Å². The zero-order chi connectivity index (χ0) is 20.8. The van der Waals surface area contributed by atoms with Crippen molar-refractivity contribution in [1.82, 2.24) is 0 Å². The Kier molecular flexibility index (Phi) is 6.72. The van der Waals surface area contributed by atoms with E-state index in [4.69, 9.17) is 4.42 Å². The van der Waals surface area contributed by atoms with Gasteiger partial charge < -0.3 is 15.1 Å². The number of fused-ring (bicyclic) bond motifs is 1. The van der Waals surface area contributed by atoms with Crippen molar-refractivity contribution in [3.8, 4) is 0 Å². The number of thioether (sulfide) groups is 1. The maximum atomic E-state index is 12.2. The Morgan fingerprint density at radius 1 is 1.00 bits per heavy atom. The second kappa shape index (κ2) is 9.43. The van der Waals surface area contributed by atoms with E-state index in [1.807, 2.05) is 25.1 Å². The summed E-state index contributed by atoms with van der Waals surface area (Å²) in [4.78, 5) is 35.1. The summed E-state index contributed by atoms with van der Waals surface area (Å²) in [6.45, 7) is 3.49. The molecule has 1 heterocycles. The Morgan fingerprint density at radius 2 is 1.69 bits per heavy atom. The van der Waals surface area contributed by atoms with Crippen LogP contribution in [0.15, 0.2) is 57.7 Å². The molecule has 0 bridgehead atoms. The summed E-state index contributed by atoms with van der Waals surface area (Å²) >= 11 is 1.43. The second-order valence-corrected chi connectivity index (χ2v) is 7.56. The van der Waals surface area contributed by atoms with Gasteiger partial charge in [-0.1, -0.05) is 19.1 Å². The van der Waals surface area contributed by atoms with Gasteiger partial charge in [-0.3, -0.25) is 9.59 Å². The molecule has 0 atom stereocenters. The molecule has 0 aliphatic heterocycles. The summed E-state index contributed by atoms with van der Waals surface area (Å²) in [5, 5.41) is 6.39. The Morgan fingerprint density at radius 3 is 2.34 bits per heavy atom. The number of amides is 2. The zero-order valence-electron chi connectivity index (χ0n) is 16.3. The number of carbonyl (C=O) groups excluding carboxylic acids is 2. The lowest BCUT2D eigenvalue weighted by Gasteiger charge is -2.08. The number of anilines is 2. The fraction of sp³-hybridized carbons (Fsp3) is 0.227. The molecule has 0 aliphatic rings. The lowest BCUT2D eigenvalue weighted by Crippen LogP contribution is -2.14. The molecular formula is C22H22N2O4S. The molecule has 3 rings (SSSR count). The van der Waals surface area contributed by atoms with Crippen molar-refractivity contribution in [3.63, 3.8) is 0 Å². The van der Waals surface area contributed by atoms with Crippen molar-refractivity contribution in [2.45, 2.75) is 26.0 Å². The maximum Gasteiger partial charge on any atom is 0.336 e. The van der Waals surface area contributed by atoms with Crippen LogP contribution in [0.4, 0.5) is 11.4 Å². The summed E-state index contributed by atoms with van der Waals surface area (Å²) in [6.07, 6.45) is 0.866. The minimum absolute atomic E-state index is 0.136. The van der Waals surface area contributed by atoms with E-state index >= 15 is 0 Å². The van der Waals surface area contributed by atoms with E-state index in [2.05, 4.69) is 10.6 Å². The third-order valence-electron chi connectivity index (χ3n) is 4.28. The van der Waals surface area contributed by atoms with Crippen molar-refractivity contribution >= 4 is 45.9 Å². The predicted octanol–water partition coefficient (Wildman–Crippen LogP) is 4.19. The second-order valence-electron chi connectivity index (χ2n) is 6.57. The SMILES string of the molecule is CCc1ccc2c(CSCC(=O)Nc3ccc(NC(C)=O)cc3)cc(=O)oc2c1. The Bertz CT molecular complexity index is 1090. The monoisotopic (exact) mass is 410 g/mol. The Labute approximate surface area is 172 Å². The van der Waals surface area contributed by atoms with Gasteiger partial charge in [0.15, 0.2) is 0 Å². The maximum absolute atomic E-state index is 12.2. The molecule has 1 aromatic heterocycles. The number of benzene rings is 2. The van der Waals surface area contributed by atoms with Crippen LogP contribution < -0.4 is 16.3 Å². The first kappa shape index (κ1) is 20.7. The molecule has 0 saturated carbocycles. The Balaban J connectivity index is 1.59. The summed E-state index contributed by atoms with van der Waals surface area (Å²) in [7, 11) is 0. The molecule has 29 heavy (non-hydrogen) atoms. The van der Waals surface area contributed by atoms with E-state index in [1.165, 1.54) is 24.8 Å². The van der Waals surface area contributed by atoms with Gasteiger partial charge >= 0.3 is 5.63 Å². The predicted molar refractivity (Wildman–Crippen MR) is 117 cm³/mol. The van der Waals surface area contributed by atoms with Gasteiger partial charge in [-0.15, -0.1) is 11.8 Å². The number of carbonyl (C=O) groups is 2. The van der Waals surface area contributed by atoms with Gasteiger partial charge in [-0.25, -0.2) is 4.79 Å². The molecule has 0 aliphatic carbocycles. The molecule has 0 spiro atoms. The highest BCUT2D eigenvalue weighted by Crippen LogP contribution is 2.23. The molecular weight excluding hydrogens is 388 g/mol. The summed E-state index contributed by atoms with van der Waals surface area (Å²) < 4.78 is 5.31. The van der Waals surface area contributed by atoms with Crippen molar-refractivity contribution in [3.05, 3.63) is 70.1 Å². The average Bonchev–Trinajstić information content (AvgIpc) is 2.68.